The summed E-state index contributed by atoms with van der Waals surface area (Å²) >= 11 is 6.39. The summed E-state index contributed by atoms with van der Waals surface area (Å²) in [7, 11) is 1.65. The fraction of sp³-hybridized carbons (Fsp3) is 0.294. The van der Waals surface area contributed by atoms with Crippen molar-refractivity contribution in [3.63, 3.8) is 0 Å². The van der Waals surface area contributed by atoms with E-state index in [1.54, 1.807) is 20.1 Å². The van der Waals surface area contributed by atoms with Crippen LogP contribution >= 0.6 is 11.6 Å². The molecule has 0 N–H and O–H groups in total. The van der Waals surface area contributed by atoms with Crippen molar-refractivity contribution < 1.29 is 9.13 Å². The van der Waals surface area contributed by atoms with Crippen LogP contribution in [0.2, 0.25) is 0 Å². The Morgan fingerprint density at radius 1 is 1.15 bits per heavy atom. The highest BCUT2D eigenvalue weighted by Gasteiger charge is 2.10. The highest BCUT2D eigenvalue weighted by atomic mass is 35.5. The van der Waals surface area contributed by atoms with Crippen LogP contribution in [0.15, 0.2) is 42.5 Å². The minimum absolute atomic E-state index is 0.101. The summed E-state index contributed by atoms with van der Waals surface area (Å²) in [6.07, 6.45) is 1.70. The molecule has 3 heteroatoms. The van der Waals surface area contributed by atoms with Crippen LogP contribution in [0.25, 0.3) is 0 Å². The first-order valence-corrected chi connectivity index (χ1v) is 7.07. The maximum atomic E-state index is 13.2. The van der Waals surface area contributed by atoms with Gasteiger partial charge in [0.1, 0.15) is 11.6 Å². The average Bonchev–Trinajstić information content (AvgIpc) is 2.48. The van der Waals surface area contributed by atoms with Gasteiger partial charge in [-0.3, -0.25) is 0 Å². The molecule has 1 nitrogen and oxygen atoms in total. The molecule has 0 aliphatic heterocycles. The topological polar surface area (TPSA) is 9.23 Å². The van der Waals surface area contributed by atoms with Crippen molar-refractivity contribution >= 4 is 11.6 Å². The number of methoxy groups -OCH3 is 1. The molecule has 0 aliphatic rings. The van der Waals surface area contributed by atoms with Crippen molar-refractivity contribution in [1.29, 1.82) is 0 Å². The minimum Gasteiger partial charge on any atom is -0.497 e. The van der Waals surface area contributed by atoms with Crippen molar-refractivity contribution in [2.24, 2.45) is 0 Å². The molecule has 106 valence electrons. The number of benzene rings is 2. The lowest BCUT2D eigenvalue weighted by molar-refractivity contribution is 0.414. The van der Waals surface area contributed by atoms with E-state index in [0.717, 1.165) is 24.2 Å². The zero-order chi connectivity index (χ0) is 14.5. The first kappa shape index (κ1) is 14.9. The number of hydrogen-bond donors (Lipinski definition) is 0. The van der Waals surface area contributed by atoms with E-state index in [2.05, 4.69) is 0 Å². The van der Waals surface area contributed by atoms with Crippen LogP contribution in [0, 0.1) is 12.7 Å². The molecule has 0 spiro atoms. The Morgan fingerprint density at radius 3 is 2.45 bits per heavy atom. The second-order valence-corrected chi connectivity index (χ2v) is 5.39. The summed E-state index contributed by atoms with van der Waals surface area (Å²) in [5.74, 6) is 0.665. The summed E-state index contributed by atoms with van der Waals surface area (Å²) < 4.78 is 18.4. The third kappa shape index (κ3) is 3.73. The van der Waals surface area contributed by atoms with Crippen LogP contribution in [0.1, 0.15) is 28.5 Å². The van der Waals surface area contributed by atoms with Gasteiger partial charge in [-0.2, -0.15) is 0 Å². The molecule has 0 aromatic heterocycles. The van der Waals surface area contributed by atoms with E-state index in [1.165, 1.54) is 11.6 Å². The van der Waals surface area contributed by atoms with Gasteiger partial charge in [0.15, 0.2) is 0 Å². The Balaban J connectivity index is 1.96. The van der Waals surface area contributed by atoms with Gasteiger partial charge < -0.3 is 4.74 Å². The fourth-order valence-electron chi connectivity index (χ4n) is 2.11. The molecule has 2 rings (SSSR count). The number of halogens is 2. The second kappa shape index (κ2) is 6.76. The van der Waals surface area contributed by atoms with Crippen molar-refractivity contribution in [2.45, 2.75) is 25.1 Å². The van der Waals surface area contributed by atoms with Gasteiger partial charge in [0.2, 0.25) is 0 Å². The summed E-state index contributed by atoms with van der Waals surface area (Å²) in [6, 6.07) is 13.0. The van der Waals surface area contributed by atoms with E-state index in [4.69, 9.17) is 16.3 Å². The summed E-state index contributed by atoms with van der Waals surface area (Å²) in [4.78, 5) is 0. The van der Waals surface area contributed by atoms with Gasteiger partial charge in [0.05, 0.1) is 12.5 Å². The zero-order valence-corrected chi connectivity index (χ0v) is 12.5. The molecule has 0 bridgehead atoms. The van der Waals surface area contributed by atoms with Crippen LogP contribution < -0.4 is 4.74 Å². The van der Waals surface area contributed by atoms with Crippen LogP contribution in [0.4, 0.5) is 4.39 Å². The zero-order valence-electron chi connectivity index (χ0n) is 11.7. The quantitative estimate of drug-likeness (QED) is 0.700. The SMILES string of the molecule is COc1ccc(CCC(Cl)c2ccc(F)c(C)c2)cc1. The van der Waals surface area contributed by atoms with Crippen LogP contribution in [0.3, 0.4) is 0 Å². The molecule has 2 aromatic rings. The Kier molecular flexibility index (Phi) is 5.02. The Labute approximate surface area is 124 Å². The highest BCUT2D eigenvalue weighted by molar-refractivity contribution is 6.20. The van der Waals surface area contributed by atoms with Gasteiger partial charge in [0, 0.05) is 0 Å². The van der Waals surface area contributed by atoms with Gasteiger partial charge in [-0.15, -0.1) is 11.6 Å². The van der Waals surface area contributed by atoms with Gasteiger partial charge in [-0.05, 0) is 54.7 Å². The van der Waals surface area contributed by atoms with Crippen LogP contribution in [0.5, 0.6) is 5.75 Å². The number of aryl methyl sites for hydroxylation is 2. The van der Waals surface area contributed by atoms with Gasteiger partial charge in [0.25, 0.3) is 0 Å². The molecule has 20 heavy (non-hydrogen) atoms. The molecule has 1 unspecified atom stereocenters. The molecule has 0 saturated carbocycles. The van der Waals surface area contributed by atoms with E-state index in [1.807, 2.05) is 30.3 Å². The largest absolute Gasteiger partial charge is 0.497 e. The number of hydrogen-bond acceptors (Lipinski definition) is 1. The third-order valence-corrected chi connectivity index (χ3v) is 3.86. The first-order chi connectivity index (χ1) is 9.60. The molecule has 0 aliphatic carbocycles. The monoisotopic (exact) mass is 292 g/mol. The van der Waals surface area contributed by atoms with Crippen molar-refractivity contribution in [1.82, 2.24) is 0 Å². The van der Waals surface area contributed by atoms with Gasteiger partial charge >= 0.3 is 0 Å². The molecule has 0 heterocycles. The molecule has 0 saturated heterocycles. The van der Waals surface area contributed by atoms with Crippen molar-refractivity contribution in [2.75, 3.05) is 7.11 Å². The first-order valence-electron chi connectivity index (χ1n) is 6.63. The van der Waals surface area contributed by atoms with E-state index in [9.17, 15) is 4.39 Å². The second-order valence-electron chi connectivity index (χ2n) is 4.86. The lowest BCUT2D eigenvalue weighted by Gasteiger charge is -2.11. The Hall–Kier alpha value is -1.54. The summed E-state index contributed by atoms with van der Waals surface area (Å²) in [5.41, 5.74) is 2.83. The molecular weight excluding hydrogens is 275 g/mol. The predicted molar refractivity (Wildman–Crippen MR) is 81.0 cm³/mol. The number of rotatable bonds is 5. The number of ether oxygens (including phenoxy) is 1. The van der Waals surface area contributed by atoms with Crippen LogP contribution in [-0.4, -0.2) is 7.11 Å². The van der Waals surface area contributed by atoms with E-state index < -0.39 is 0 Å². The Morgan fingerprint density at radius 2 is 1.85 bits per heavy atom. The minimum atomic E-state index is -0.187. The molecule has 2 aromatic carbocycles. The molecule has 0 amide bonds. The average molecular weight is 293 g/mol. The molecule has 1 atom stereocenters. The van der Waals surface area contributed by atoms with Crippen LogP contribution in [-0.2, 0) is 6.42 Å². The standard InChI is InChI=1S/C17H18ClFO/c1-12-11-14(6-10-17(12)19)16(18)9-5-13-3-7-15(20-2)8-4-13/h3-4,6-8,10-11,16H,5,9H2,1-2H3. The lowest BCUT2D eigenvalue weighted by atomic mass is 10.0. The van der Waals surface area contributed by atoms with Crippen molar-refractivity contribution in [3.05, 3.63) is 65.0 Å². The van der Waals surface area contributed by atoms with Crippen molar-refractivity contribution in [3.8, 4) is 5.75 Å². The summed E-state index contributed by atoms with van der Waals surface area (Å²) in [6.45, 7) is 1.76. The normalized spacial score (nSPS) is 12.2. The highest BCUT2D eigenvalue weighted by Crippen LogP contribution is 2.27. The van der Waals surface area contributed by atoms with E-state index in [-0.39, 0.29) is 11.2 Å². The fourth-order valence-corrected chi connectivity index (χ4v) is 2.36. The maximum absolute atomic E-state index is 13.2. The van der Waals surface area contributed by atoms with Gasteiger partial charge in [-0.25, -0.2) is 4.39 Å². The van der Waals surface area contributed by atoms with E-state index in [0.29, 0.717) is 5.56 Å². The molecule has 0 radical (unpaired) electrons. The third-order valence-electron chi connectivity index (χ3n) is 3.39. The van der Waals surface area contributed by atoms with E-state index >= 15 is 0 Å². The molecular formula is C17H18ClFO. The predicted octanol–water partition coefficient (Wildman–Crippen LogP) is 5.06. The maximum Gasteiger partial charge on any atom is 0.126 e. The lowest BCUT2D eigenvalue weighted by Crippen LogP contribution is -1.96. The number of alkyl halides is 1. The molecule has 0 fully saturated rings. The Bertz CT molecular complexity index is 566. The van der Waals surface area contributed by atoms with Gasteiger partial charge in [-0.1, -0.05) is 24.3 Å². The summed E-state index contributed by atoms with van der Waals surface area (Å²) in [5, 5.41) is -0.101. The smallest absolute Gasteiger partial charge is 0.126 e.